The van der Waals surface area contributed by atoms with Crippen LogP contribution in [0.4, 0.5) is 8.78 Å². The molecule has 0 unspecified atom stereocenters. The average Bonchev–Trinajstić information content (AvgIpc) is 3.20. The van der Waals surface area contributed by atoms with E-state index in [1.807, 2.05) is 0 Å². The molecule has 1 aromatic heterocycles. The molecule has 3 nitrogen and oxygen atoms in total. The molecule has 1 saturated carbocycles. The van der Waals surface area contributed by atoms with Crippen LogP contribution in [0.1, 0.15) is 41.2 Å². The zero-order valence-electron chi connectivity index (χ0n) is 11.6. The minimum atomic E-state index is -2.89. The van der Waals surface area contributed by atoms with E-state index in [2.05, 4.69) is 25.8 Å². The highest BCUT2D eigenvalue weighted by Gasteiger charge is 2.32. The van der Waals surface area contributed by atoms with E-state index in [-0.39, 0.29) is 5.75 Å². The highest BCUT2D eigenvalue weighted by atomic mass is 79.9. The number of hydrogen-bond acceptors (Lipinski definition) is 4. The standard InChI is InChI=1S/C15H12BrF2NO2S/c1-7-9(4-5-11(16)12(7)20-15(17)18)14(22)10-6-19-21-13(10)8-2-3-8/h4-6,8,15H,2-3H2,1H3. The van der Waals surface area contributed by atoms with Crippen molar-refractivity contribution in [2.75, 3.05) is 0 Å². The first-order valence-electron chi connectivity index (χ1n) is 6.72. The maximum absolute atomic E-state index is 12.6. The predicted octanol–water partition coefficient (Wildman–Crippen LogP) is 4.99. The third-order valence-electron chi connectivity index (χ3n) is 3.60. The molecule has 3 rings (SSSR count). The van der Waals surface area contributed by atoms with Crippen molar-refractivity contribution < 1.29 is 18.0 Å². The lowest BCUT2D eigenvalue weighted by molar-refractivity contribution is -0.0508. The summed E-state index contributed by atoms with van der Waals surface area (Å²) in [5.74, 6) is 1.24. The van der Waals surface area contributed by atoms with Crippen LogP contribution in [0.5, 0.6) is 5.75 Å². The molecule has 22 heavy (non-hydrogen) atoms. The van der Waals surface area contributed by atoms with Gasteiger partial charge in [0.15, 0.2) is 0 Å². The number of aromatic nitrogens is 1. The second-order valence-electron chi connectivity index (χ2n) is 5.13. The van der Waals surface area contributed by atoms with Gasteiger partial charge in [0, 0.05) is 11.5 Å². The fourth-order valence-corrected chi connectivity index (χ4v) is 3.24. The Morgan fingerprint density at radius 2 is 2.14 bits per heavy atom. The molecule has 0 spiro atoms. The summed E-state index contributed by atoms with van der Waals surface area (Å²) >= 11 is 8.74. The van der Waals surface area contributed by atoms with Gasteiger partial charge in [-0.25, -0.2) is 0 Å². The Bertz CT molecular complexity index is 728. The molecule has 7 heteroatoms. The lowest BCUT2D eigenvalue weighted by Crippen LogP contribution is -2.09. The van der Waals surface area contributed by atoms with Crippen molar-refractivity contribution in [1.82, 2.24) is 5.16 Å². The van der Waals surface area contributed by atoms with E-state index in [4.69, 9.17) is 16.7 Å². The van der Waals surface area contributed by atoms with Crippen LogP contribution in [0.15, 0.2) is 27.3 Å². The van der Waals surface area contributed by atoms with E-state index in [0.717, 1.165) is 24.2 Å². The monoisotopic (exact) mass is 387 g/mol. The van der Waals surface area contributed by atoms with Crippen LogP contribution in [-0.4, -0.2) is 16.6 Å². The third kappa shape index (κ3) is 2.92. The van der Waals surface area contributed by atoms with Gasteiger partial charge in [0.1, 0.15) is 11.5 Å². The number of alkyl halides is 2. The molecule has 0 amide bonds. The minimum absolute atomic E-state index is 0.0966. The van der Waals surface area contributed by atoms with Crippen LogP contribution in [0.25, 0.3) is 0 Å². The Morgan fingerprint density at radius 1 is 1.41 bits per heavy atom. The van der Waals surface area contributed by atoms with E-state index in [9.17, 15) is 8.78 Å². The Morgan fingerprint density at radius 3 is 2.77 bits per heavy atom. The summed E-state index contributed by atoms with van der Waals surface area (Å²) in [7, 11) is 0. The second kappa shape index (κ2) is 6.04. The van der Waals surface area contributed by atoms with Crippen LogP contribution in [0.2, 0.25) is 0 Å². The summed E-state index contributed by atoms with van der Waals surface area (Å²) < 4.78 is 35.5. The van der Waals surface area contributed by atoms with Gasteiger partial charge in [0.2, 0.25) is 0 Å². The van der Waals surface area contributed by atoms with Crippen molar-refractivity contribution in [3.05, 3.63) is 45.3 Å². The number of hydrogen-bond donors (Lipinski definition) is 0. The summed E-state index contributed by atoms with van der Waals surface area (Å²) in [5, 5.41) is 3.82. The fourth-order valence-electron chi connectivity index (χ4n) is 2.34. The van der Waals surface area contributed by atoms with Crippen LogP contribution in [0, 0.1) is 6.92 Å². The molecule has 2 aromatic rings. The topological polar surface area (TPSA) is 35.3 Å². The molecule has 0 N–H and O–H groups in total. The van der Waals surface area contributed by atoms with Gasteiger partial charge >= 0.3 is 6.61 Å². The van der Waals surface area contributed by atoms with Crippen LogP contribution >= 0.6 is 28.1 Å². The van der Waals surface area contributed by atoms with Crippen LogP contribution in [-0.2, 0) is 0 Å². The molecule has 1 aliphatic rings. The quantitative estimate of drug-likeness (QED) is 0.534. The van der Waals surface area contributed by atoms with E-state index < -0.39 is 6.61 Å². The molecule has 0 radical (unpaired) electrons. The van der Waals surface area contributed by atoms with Crippen molar-refractivity contribution in [2.24, 2.45) is 0 Å². The summed E-state index contributed by atoms with van der Waals surface area (Å²) in [6.07, 6.45) is 3.71. The van der Waals surface area contributed by atoms with Gasteiger partial charge < -0.3 is 9.26 Å². The van der Waals surface area contributed by atoms with Crippen molar-refractivity contribution in [3.63, 3.8) is 0 Å². The molecular weight excluding hydrogens is 376 g/mol. The highest BCUT2D eigenvalue weighted by Crippen LogP contribution is 2.42. The number of rotatable bonds is 5. The van der Waals surface area contributed by atoms with Gasteiger partial charge in [-0.2, -0.15) is 8.78 Å². The van der Waals surface area contributed by atoms with Crippen LogP contribution < -0.4 is 4.74 Å². The van der Waals surface area contributed by atoms with E-state index >= 15 is 0 Å². The Hall–Kier alpha value is -1.34. The Kier molecular flexibility index (Phi) is 4.27. The first-order chi connectivity index (χ1) is 10.5. The fraction of sp³-hybridized carbons (Fsp3) is 0.333. The smallest absolute Gasteiger partial charge is 0.387 e. The molecule has 116 valence electrons. The number of ether oxygens (including phenoxy) is 1. The van der Waals surface area contributed by atoms with Crippen molar-refractivity contribution in [1.29, 1.82) is 0 Å². The predicted molar refractivity (Wildman–Crippen MR) is 84.8 cm³/mol. The van der Waals surface area contributed by atoms with Crippen molar-refractivity contribution in [3.8, 4) is 5.75 Å². The zero-order chi connectivity index (χ0) is 15.9. The van der Waals surface area contributed by atoms with Crippen LogP contribution in [0.3, 0.4) is 0 Å². The molecule has 1 heterocycles. The first kappa shape index (κ1) is 15.6. The molecule has 0 aliphatic heterocycles. The minimum Gasteiger partial charge on any atom is -0.433 e. The molecule has 0 bridgehead atoms. The number of halogens is 3. The van der Waals surface area contributed by atoms with Gasteiger partial charge in [-0.3, -0.25) is 0 Å². The summed E-state index contributed by atoms with van der Waals surface area (Å²) in [6.45, 7) is -1.19. The zero-order valence-corrected chi connectivity index (χ0v) is 14.0. The maximum Gasteiger partial charge on any atom is 0.387 e. The van der Waals surface area contributed by atoms with E-state index in [1.165, 1.54) is 0 Å². The van der Waals surface area contributed by atoms with E-state index in [1.54, 1.807) is 25.3 Å². The van der Waals surface area contributed by atoms with E-state index in [0.29, 0.717) is 26.4 Å². The Labute approximate surface area is 139 Å². The van der Waals surface area contributed by atoms with Gasteiger partial charge in [-0.05, 0) is 47.3 Å². The number of nitrogens with zero attached hydrogens (tertiary/aromatic N) is 1. The first-order valence-corrected chi connectivity index (χ1v) is 7.92. The average molecular weight is 388 g/mol. The van der Waals surface area contributed by atoms with Crippen molar-refractivity contribution >= 4 is 33.0 Å². The molecule has 0 saturated heterocycles. The third-order valence-corrected chi connectivity index (χ3v) is 4.66. The number of thiocarbonyl (C=S) groups is 1. The van der Waals surface area contributed by atoms with Gasteiger partial charge in [0.05, 0.1) is 21.1 Å². The van der Waals surface area contributed by atoms with Gasteiger partial charge in [-0.1, -0.05) is 23.4 Å². The largest absolute Gasteiger partial charge is 0.433 e. The normalized spacial score (nSPS) is 14.4. The highest BCUT2D eigenvalue weighted by molar-refractivity contribution is 9.10. The summed E-state index contributed by atoms with van der Waals surface area (Å²) in [6, 6.07) is 3.43. The van der Waals surface area contributed by atoms with Gasteiger partial charge in [-0.15, -0.1) is 0 Å². The lowest BCUT2D eigenvalue weighted by atomic mass is 9.99. The molecule has 0 atom stereocenters. The Balaban J connectivity index is 2.00. The molecule has 1 fully saturated rings. The second-order valence-corrected chi connectivity index (χ2v) is 6.40. The molecular formula is C15H12BrF2NO2S. The van der Waals surface area contributed by atoms with Gasteiger partial charge in [0.25, 0.3) is 0 Å². The maximum atomic E-state index is 12.6. The molecule has 1 aliphatic carbocycles. The summed E-state index contributed by atoms with van der Waals surface area (Å²) in [4.78, 5) is 0.535. The SMILES string of the molecule is Cc1c(C(=S)c2cnoc2C2CC2)ccc(Br)c1OC(F)F. The lowest BCUT2D eigenvalue weighted by Gasteiger charge is -2.14. The van der Waals surface area contributed by atoms with Crippen molar-refractivity contribution in [2.45, 2.75) is 32.3 Å². The molecule has 1 aromatic carbocycles. The number of benzene rings is 1. The summed E-state index contributed by atoms with van der Waals surface area (Å²) in [5.41, 5.74) is 1.98.